The van der Waals surface area contributed by atoms with Gasteiger partial charge in [-0.15, -0.1) is 5.10 Å². The van der Waals surface area contributed by atoms with Gasteiger partial charge in [0.2, 0.25) is 5.96 Å². The Morgan fingerprint density at radius 3 is 2.92 bits per heavy atom. The Kier molecular flexibility index (Phi) is 2.97. The molecular weight excluding hydrogens is 166 g/mol. The van der Waals surface area contributed by atoms with Crippen molar-refractivity contribution in [2.45, 2.75) is 6.92 Å². The molecule has 0 aliphatic carbocycles. The Hall–Kier alpha value is -1.91. The summed E-state index contributed by atoms with van der Waals surface area (Å²) < 4.78 is 0. The van der Waals surface area contributed by atoms with Crippen molar-refractivity contribution < 1.29 is 0 Å². The van der Waals surface area contributed by atoms with Crippen LogP contribution in [0.3, 0.4) is 0 Å². The molecule has 0 aliphatic rings. The fourth-order valence-corrected chi connectivity index (χ4v) is 0.769. The van der Waals surface area contributed by atoms with E-state index >= 15 is 0 Å². The number of hydrogen-bond acceptors (Lipinski definition) is 3. The zero-order valence-electron chi connectivity index (χ0n) is 7.31. The highest BCUT2D eigenvalue weighted by Gasteiger charge is 1.91. The summed E-state index contributed by atoms with van der Waals surface area (Å²) in [4.78, 5) is 3.94. The van der Waals surface area contributed by atoms with Crippen LogP contribution in [0.5, 0.6) is 0 Å². The molecule has 0 spiro atoms. The van der Waals surface area contributed by atoms with Crippen LogP contribution in [-0.2, 0) is 0 Å². The van der Waals surface area contributed by atoms with Crippen molar-refractivity contribution in [3.63, 3.8) is 0 Å². The van der Waals surface area contributed by atoms with Gasteiger partial charge in [0.15, 0.2) is 0 Å². The first kappa shape index (κ1) is 9.18. The Balaban J connectivity index is 2.80. The van der Waals surface area contributed by atoms with E-state index in [-0.39, 0.29) is 5.96 Å². The zero-order chi connectivity index (χ0) is 9.68. The predicted octanol–water partition coefficient (Wildman–Crippen LogP) is -0.00268. The summed E-state index contributed by atoms with van der Waals surface area (Å²) >= 11 is 0. The van der Waals surface area contributed by atoms with Gasteiger partial charge >= 0.3 is 0 Å². The van der Waals surface area contributed by atoms with E-state index in [2.05, 4.69) is 15.2 Å². The molecule has 0 aromatic carbocycles. The second kappa shape index (κ2) is 4.20. The Labute approximate surface area is 76.2 Å². The first-order chi connectivity index (χ1) is 6.20. The van der Waals surface area contributed by atoms with Crippen LogP contribution in [0, 0.1) is 6.92 Å². The molecule has 0 bridgehead atoms. The van der Waals surface area contributed by atoms with Crippen LogP contribution >= 0.6 is 0 Å². The number of aromatic nitrogens is 1. The van der Waals surface area contributed by atoms with Crippen LogP contribution in [0.25, 0.3) is 0 Å². The molecule has 13 heavy (non-hydrogen) atoms. The van der Waals surface area contributed by atoms with Gasteiger partial charge in [-0.25, -0.2) is 0 Å². The maximum absolute atomic E-state index is 5.09. The molecule has 1 aromatic heterocycles. The van der Waals surface area contributed by atoms with Crippen molar-refractivity contribution in [1.29, 1.82) is 0 Å². The van der Waals surface area contributed by atoms with Gasteiger partial charge in [0.1, 0.15) is 0 Å². The molecule has 0 fully saturated rings. The molecule has 0 amide bonds. The molecule has 0 saturated heterocycles. The van der Waals surface area contributed by atoms with Crippen LogP contribution in [0.4, 0.5) is 0 Å². The maximum Gasteiger partial charge on any atom is 0.211 e. The van der Waals surface area contributed by atoms with Gasteiger partial charge in [0.25, 0.3) is 0 Å². The van der Waals surface area contributed by atoms with Crippen molar-refractivity contribution in [2.24, 2.45) is 21.7 Å². The Morgan fingerprint density at radius 1 is 1.54 bits per heavy atom. The molecule has 5 nitrogen and oxygen atoms in total. The van der Waals surface area contributed by atoms with Gasteiger partial charge in [-0.2, -0.15) is 5.10 Å². The highest BCUT2D eigenvalue weighted by atomic mass is 15.3. The van der Waals surface area contributed by atoms with Gasteiger partial charge in [0, 0.05) is 18.0 Å². The van der Waals surface area contributed by atoms with E-state index in [4.69, 9.17) is 11.5 Å². The van der Waals surface area contributed by atoms with Gasteiger partial charge in [-0.3, -0.25) is 4.98 Å². The highest BCUT2D eigenvalue weighted by Crippen LogP contribution is 2.00. The summed E-state index contributed by atoms with van der Waals surface area (Å²) in [6, 6.07) is 1.89. The number of rotatable bonds is 2. The second-order valence-corrected chi connectivity index (χ2v) is 2.50. The average molecular weight is 177 g/mol. The van der Waals surface area contributed by atoms with Crippen LogP contribution < -0.4 is 11.5 Å². The molecular formula is C8H11N5. The molecule has 0 radical (unpaired) electrons. The summed E-state index contributed by atoms with van der Waals surface area (Å²) in [5.41, 5.74) is 12.2. The van der Waals surface area contributed by atoms with Crippen LogP contribution in [0.15, 0.2) is 28.7 Å². The number of guanidine groups is 1. The quantitative estimate of drug-likeness (QED) is 0.378. The minimum Gasteiger partial charge on any atom is -0.369 e. The average Bonchev–Trinajstić information content (AvgIpc) is 2.08. The van der Waals surface area contributed by atoms with Crippen molar-refractivity contribution in [1.82, 2.24) is 4.98 Å². The van der Waals surface area contributed by atoms with Crippen molar-refractivity contribution in [3.8, 4) is 0 Å². The van der Waals surface area contributed by atoms with Crippen LogP contribution in [0.1, 0.15) is 11.1 Å². The number of nitrogens with zero attached hydrogens (tertiary/aromatic N) is 3. The van der Waals surface area contributed by atoms with E-state index < -0.39 is 0 Å². The molecule has 4 N–H and O–H groups in total. The third kappa shape index (κ3) is 2.90. The lowest BCUT2D eigenvalue weighted by Gasteiger charge is -1.94. The summed E-state index contributed by atoms with van der Waals surface area (Å²) in [5.74, 6) is -0.0576. The third-order valence-corrected chi connectivity index (χ3v) is 1.45. The smallest absolute Gasteiger partial charge is 0.211 e. The molecule has 0 unspecified atom stereocenters. The first-order valence-electron chi connectivity index (χ1n) is 3.72. The fraction of sp³-hybridized carbons (Fsp3) is 0.125. The number of aryl methyl sites for hydroxylation is 1. The predicted molar refractivity (Wildman–Crippen MR) is 52.4 cm³/mol. The molecule has 1 aromatic rings. The molecule has 1 heterocycles. The van der Waals surface area contributed by atoms with E-state index in [0.29, 0.717) is 0 Å². The van der Waals surface area contributed by atoms with E-state index in [1.165, 1.54) is 0 Å². The zero-order valence-corrected chi connectivity index (χ0v) is 7.31. The van der Waals surface area contributed by atoms with E-state index in [1.54, 1.807) is 18.6 Å². The summed E-state index contributed by atoms with van der Waals surface area (Å²) in [6.45, 7) is 1.96. The van der Waals surface area contributed by atoms with E-state index in [9.17, 15) is 0 Å². The third-order valence-electron chi connectivity index (χ3n) is 1.45. The largest absolute Gasteiger partial charge is 0.369 e. The molecule has 5 heteroatoms. The summed E-state index contributed by atoms with van der Waals surface area (Å²) in [5, 5.41) is 7.15. The van der Waals surface area contributed by atoms with Crippen LogP contribution in [-0.4, -0.2) is 17.2 Å². The van der Waals surface area contributed by atoms with Gasteiger partial charge in [-0.05, 0) is 18.6 Å². The lowest BCUT2D eigenvalue weighted by atomic mass is 10.2. The summed E-state index contributed by atoms with van der Waals surface area (Å²) in [6.07, 6.45) is 4.97. The Morgan fingerprint density at radius 2 is 2.31 bits per heavy atom. The molecule has 1 rings (SSSR count). The monoisotopic (exact) mass is 177 g/mol. The van der Waals surface area contributed by atoms with Crippen molar-refractivity contribution in [3.05, 3.63) is 29.6 Å². The highest BCUT2D eigenvalue weighted by molar-refractivity contribution is 5.82. The molecule has 68 valence electrons. The Bertz CT molecular complexity index is 338. The lowest BCUT2D eigenvalue weighted by Crippen LogP contribution is -2.21. The minimum absolute atomic E-state index is 0.0576. The molecule has 0 saturated carbocycles. The standard InChI is InChI=1S/C8H11N5/c1-6-2-3-11-4-7(6)5-12-13-8(9)10/h2-5H,1H3,(H4,9,10,13)/b12-5+. The maximum atomic E-state index is 5.09. The number of nitrogens with two attached hydrogens (primary N) is 2. The molecule has 0 atom stereocenters. The topological polar surface area (TPSA) is 89.6 Å². The van der Waals surface area contributed by atoms with E-state index in [1.807, 2.05) is 13.0 Å². The first-order valence-corrected chi connectivity index (χ1v) is 3.72. The second-order valence-electron chi connectivity index (χ2n) is 2.50. The number of pyridine rings is 1. The summed E-state index contributed by atoms with van der Waals surface area (Å²) in [7, 11) is 0. The van der Waals surface area contributed by atoms with E-state index in [0.717, 1.165) is 11.1 Å². The number of hydrogen-bond donors (Lipinski definition) is 2. The van der Waals surface area contributed by atoms with Gasteiger partial charge in [0.05, 0.1) is 6.21 Å². The van der Waals surface area contributed by atoms with Gasteiger partial charge < -0.3 is 11.5 Å². The van der Waals surface area contributed by atoms with Crippen molar-refractivity contribution >= 4 is 12.2 Å². The normalized spacial score (nSPS) is 10.2. The fourth-order valence-electron chi connectivity index (χ4n) is 0.769. The minimum atomic E-state index is -0.0576. The van der Waals surface area contributed by atoms with Gasteiger partial charge in [-0.1, -0.05) is 0 Å². The molecule has 0 aliphatic heterocycles. The van der Waals surface area contributed by atoms with Crippen molar-refractivity contribution in [2.75, 3.05) is 0 Å². The lowest BCUT2D eigenvalue weighted by molar-refractivity contribution is 1.20. The SMILES string of the molecule is Cc1ccncc1/C=N/N=C(N)N. The van der Waals surface area contributed by atoms with Crippen LogP contribution in [0.2, 0.25) is 0 Å².